The van der Waals surface area contributed by atoms with E-state index in [1.807, 2.05) is 60.7 Å². The third-order valence-corrected chi connectivity index (χ3v) is 7.31. The number of rotatable bonds is 11. The number of hydrogen-bond donors (Lipinski definition) is 0. The lowest BCUT2D eigenvalue weighted by Gasteiger charge is -2.40. The Morgan fingerprint density at radius 2 is 1.49 bits per heavy atom. The molecule has 0 aliphatic carbocycles. The van der Waals surface area contributed by atoms with Crippen LogP contribution in [0, 0.1) is 0 Å². The van der Waals surface area contributed by atoms with Crippen LogP contribution in [0.3, 0.4) is 0 Å². The number of unbranched alkanes of at least 4 members (excludes halogenated alkanes) is 3. The van der Waals surface area contributed by atoms with Crippen molar-refractivity contribution in [3.8, 4) is 0 Å². The SMILES string of the molecule is CCCCCCN1C(C(=O)OCC)=C(C(=O)OCC)C(c2ccccc2)C12C(=O)N(c1ccccc1)N=C2C. The molecular formula is C31H37N3O5. The van der Waals surface area contributed by atoms with E-state index in [9.17, 15) is 14.4 Å². The number of esters is 2. The number of carbonyl (C=O) groups excluding carboxylic acids is 3. The molecule has 0 saturated heterocycles. The first-order chi connectivity index (χ1) is 18.9. The van der Waals surface area contributed by atoms with Crippen LogP contribution in [0.5, 0.6) is 0 Å². The molecule has 39 heavy (non-hydrogen) atoms. The Morgan fingerprint density at radius 1 is 0.872 bits per heavy atom. The minimum absolute atomic E-state index is 0.0819. The average molecular weight is 532 g/mol. The molecule has 0 bridgehead atoms. The van der Waals surface area contributed by atoms with E-state index >= 15 is 0 Å². The molecule has 2 aromatic carbocycles. The molecule has 2 heterocycles. The summed E-state index contributed by atoms with van der Waals surface area (Å²) in [7, 11) is 0. The lowest BCUT2D eigenvalue weighted by Crippen LogP contribution is -2.60. The zero-order valence-corrected chi connectivity index (χ0v) is 23.2. The van der Waals surface area contributed by atoms with Crippen LogP contribution in [-0.2, 0) is 23.9 Å². The maximum Gasteiger partial charge on any atom is 0.355 e. The maximum atomic E-state index is 14.7. The standard InChI is InChI=1S/C31H37N3O5/c1-5-8-9-16-21-33-27(29(36)39-7-3)25(28(35)38-6-2)26(23-17-12-10-13-18-23)31(33)22(4)32-34(30(31)37)24-19-14-11-15-20-24/h10-15,17-20,26H,5-9,16,21H2,1-4H3. The van der Waals surface area contributed by atoms with Crippen molar-refractivity contribution in [2.24, 2.45) is 5.10 Å². The molecule has 0 aromatic heterocycles. The van der Waals surface area contributed by atoms with Gasteiger partial charge in [0.2, 0.25) is 0 Å². The highest BCUT2D eigenvalue weighted by molar-refractivity contribution is 6.26. The molecule has 1 amide bonds. The summed E-state index contributed by atoms with van der Waals surface area (Å²) in [5, 5.41) is 6.14. The quantitative estimate of drug-likeness (QED) is 0.292. The van der Waals surface area contributed by atoms with Crippen LogP contribution in [0.2, 0.25) is 0 Å². The van der Waals surface area contributed by atoms with E-state index in [-0.39, 0.29) is 30.4 Å². The summed E-state index contributed by atoms with van der Waals surface area (Å²) in [6.45, 7) is 7.99. The predicted octanol–water partition coefficient (Wildman–Crippen LogP) is 5.21. The van der Waals surface area contributed by atoms with Gasteiger partial charge in [-0.05, 0) is 44.9 Å². The summed E-state index contributed by atoms with van der Waals surface area (Å²) in [6, 6.07) is 18.5. The lowest BCUT2D eigenvalue weighted by atomic mass is 9.73. The molecule has 2 atom stereocenters. The highest BCUT2D eigenvalue weighted by Gasteiger charge is 2.67. The van der Waals surface area contributed by atoms with Crippen molar-refractivity contribution >= 4 is 29.2 Å². The molecule has 0 fully saturated rings. The third kappa shape index (κ3) is 4.95. The number of carbonyl (C=O) groups is 3. The minimum atomic E-state index is -1.44. The average Bonchev–Trinajstić information content (AvgIpc) is 3.40. The van der Waals surface area contributed by atoms with Gasteiger partial charge in [0.05, 0.1) is 36.1 Å². The summed E-state index contributed by atoms with van der Waals surface area (Å²) in [4.78, 5) is 43.8. The fraction of sp³-hybridized carbons (Fsp3) is 0.419. The number of ether oxygens (including phenoxy) is 2. The number of para-hydroxylation sites is 1. The summed E-state index contributed by atoms with van der Waals surface area (Å²) in [5.41, 5.74) is 0.609. The molecule has 2 aromatic rings. The Hall–Kier alpha value is -3.94. The van der Waals surface area contributed by atoms with E-state index in [0.29, 0.717) is 17.9 Å². The van der Waals surface area contributed by atoms with Crippen LogP contribution in [0.4, 0.5) is 5.69 Å². The number of hydrazone groups is 1. The van der Waals surface area contributed by atoms with E-state index in [2.05, 4.69) is 6.92 Å². The van der Waals surface area contributed by atoms with E-state index in [1.165, 1.54) is 5.01 Å². The largest absolute Gasteiger partial charge is 0.463 e. The fourth-order valence-electron chi connectivity index (χ4n) is 5.68. The molecule has 1 spiro atoms. The number of hydrogen-bond acceptors (Lipinski definition) is 7. The molecule has 2 aliphatic rings. The van der Waals surface area contributed by atoms with Gasteiger partial charge >= 0.3 is 11.9 Å². The van der Waals surface area contributed by atoms with Crippen molar-refractivity contribution in [1.82, 2.24) is 4.90 Å². The molecule has 0 radical (unpaired) electrons. The van der Waals surface area contributed by atoms with Crippen LogP contribution >= 0.6 is 0 Å². The Morgan fingerprint density at radius 3 is 2.10 bits per heavy atom. The monoisotopic (exact) mass is 531 g/mol. The summed E-state index contributed by atoms with van der Waals surface area (Å²) in [6.07, 6.45) is 3.69. The molecule has 4 rings (SSSR count). The Bertz CT molecular complexity index is 1260. The van der Waals surface area contributed by atoms with Crippen molar-refractivity contribution in [1.29, 1.82) is 0 Å². The first kappa shape index (κ1) is 28.1. The first-order valence-electron chi connectivity index (χ1n) is 13.8. The first-order valence-corrected chi connectivity index (χ1v) is 13.8. The van der Waals surface area contributed by atoms with Gasteiger partial charge in [-0.3, -0.25) is 4.79 Å². The van der Waals surface area contributed by atoms with Crippen molar-refractivity contribution < 1.29 is 23.9 Å². The molecule has 8 nitrogen and oxygen atoms in total. The van der Waals surface area contributed by atoms with Crippen molar-refractivity contribution in [3.63, 3.8) is 0 Å². The lowest BCUT2D eigenvalue weighted by molar-refractivity contribution is -0.143. The van der Waals surface area contributed by atoms with Gasteiger partial charge < -0.3 is 14.4 Å². The number of amides is 1. The van der Waals surface area contributed by atoms with E-state index < -0.39 is 23.4 Å². The van der Waals surface area contributed by atoms with Crippen LogP contribution in [0.1, 0.15) is 64.9 Å². The Kier molecular flexibility index (Phi) is 8.84. The molecule has 2 unspecified atom stereocenters. The van der Waals surface area contributed by atoms with Gasteiger partial charge in [0.15, 0.2) is 5.54 Å². The molecule has 2 aliphatic heterocycles. The molecule has 0 saturated carbocycles. The summed E-state index contributed by atoms with van der Waals surface area (Å²) < 4.78 is 11.0. The number of nitrogens with zero attached hydrogens (tertiary/aromatic N) is 3. The second-order valence-electron chi connectivity index (χ2n) is 9.66. The van der Waals surface area contributed by atoms with Crippen LogP contribution in [0.25, 0.3) is 0 Å². The van der Waals surface area contributed by atoms with Crippen molar-refractivity contribution in [3.05, 3.63) is 77.5 Å². The van der Waals surface area contributed by atoms with Crippen LogP contribution in [-0.4, -0.2) is 53.8 Å². The van der Waals surface area contributed by atoms with Gasteiger partial charge in [-0.15, -0.1) is 0 Å². The molecular weight excluding hydrogens is 494 g/mol. The highest BCUT2D eigenvalue weighted by Crippen LogP contribution is 2.53. The van der Waals surface area contributed by atoms with Crippen LogP contribution in [0.15, 0.2) is 77.0 Å². The van der Waals surface area contributed by atoms with E-state index in [1.54, 1.807) is 25.7 Å². The van der Waals surface area contributed by atoms with Gasteiger partial charge in [-0.2, -0.15) is 10.1 Å². The van der Waals surface area contributed by atoms with Gasteiger partial charge in [-0.1, -0.05) is 74.7 Å². The Labute approximate surface area is 230 Å². The van der Waals surface area contributed by atoms with Crippen molar-refractivity contribution in [2.45, 2.75) is 64.8 Å². The van der Waals surface area contributed by atoms with Crippen molar-refractivity contribution in [2.75, 3.05) is 24.8 Å². The van der Waals surface area contributed by atoms with Crippen LogP contribution < -0.4 is 5.01 Å². The Balaban J connectivity index is 1.99. The topological polar surface area (TPSA) is 88.5 Å². The molecule has 0 N–H and O–H groups in total. The van der Waals surface area contributed by atoms with Gasteiger partial charge in [0, 0.05) is 6.54 Å². The van der Waals surface area contributed by atoms with E-state index in [0.717, 1.165) is 31.2 Å². The van der Waals surface area contributed by atoms with Gasteiger partial charge in [-0.25, -0.2) is 9.59 Å². The fourth-order valence-corrected chi connectivity index (χ4v) is 5.68. The van der Waals surface area contributed by atoms with Gasteiger partial charge in [0.25, 0.3) is 5.91 Å². The van der Waals surface area contributed by atoms with Gasteiger partial charge in [0.1, 0.15) is 5.70 Å². The molecule has 8 heteroatoms. The minimum Gasteiger partial charge on any atom is -0.463 e. The maximum absolute atomic E-state index is 14.7. The normalized spacial score (nSPS) is 20.6. The highest BCUT2D eigenvalue weighted by atomic mass is 16.5. The zero-order valence-electron chi connectivity index (χ0n) is 23.2. The number of anilines is 1. The summed E-state index contributed by atoms with van der Waals surface area (Å²) >= 11 is 0. The third-order valence-electron chi connectivity index (χ3n) is 7.31. The summed E-state index contributed by atoms with van der Waals surface area (Å²) in [5.74, 6) is -2.43. The second kappa shape index (κ2) is 12.3. The van der Waals surface area contributed by atoms with E-state index in [4.69, 9.17) is 14.6 Å². The zero-order chi connectivity index (χ0) is 28.0. The smallest absolute Gasteiger partial charge is 0.355 e. The number of benzene rings is 2. The molecule has 206 valence electrons. The second-order valence-corrected chi connectivity index (χ2v) is 9.66. The predicted molar refractivity (Wildman–Crippen MR) is 150 cm³/mol.